The van der Waals surface area contributed by atoms with Crippen molar-refractivity contribution in [2.75, 3.05) is 7.11 Å². The van der Waals surface area contributed by atoms with Crippen LogP contribution in [-0.4, -0.2) is 13.1 Å². The lowest BCUT2D eigenvalue weighted by Gasteiger charge is -2.26. The van der Waals surface area contributed by atoms with E-state index in [0.717, 1.165) is 24.2 Å². The van der Waals surface area contributed by atoms with Crippen LogP contribution in [0.5, 0.6) is 5.75 Å². The summed E-state index contributed by atoms with van der Waals surface area (Å²) in [5.74, 6) is 1.10. The maximum absolute atomic E-state index is 11.9. The first-order chi connectivity index (χ1) is 8.79. The summed E-state index contributed by atoms with van der Waals surface area (Å²) in [5, 5.41) is 0. The first-order valence-corrected chi connectivity index (χ1v) is 6.68. The van der Waals surface area contributed by atoms with Gasteiger partial charge in [-0.15, -0.1) is 0 Å². The molecule has 18 heavy (non-hydrogen) atoms. The van der Waals surface area contributed by atoms with Gasteiger partial charge in [-0.1, -0.05) is 19.3 Å². The summed E-state index contributed by atoms with van der Waals surface area (Å²) in [4.78, 5) is 11.9. The van der Waals surface area contributed by atoms with Gasteiger partial charge in [-0.3, -0.25) is 0 Å². The lowest BCUT2D eigenvalue weighted by molar-refractivity contribution is 0.0177. The van der Waals surface area contributed by atoms with E-state index in [1.54, 1.807) is 7.11 Å². The van der Waals surface area contributed by atoms with Crippen molar-refractivity contribution in [2.45, 2.75) is 38.2 Å². The fourth-order valence-electron chi connectivity index (χ4n) is 3.12. The van der Waals surface area contributed by atoms with Crippen LogP contribution in [0.1, 0.15) is 54.1 Å². The largest absolute Gasteiger partial charge is 0.497 e. The highest BCUT2D eigenvalue weighted by molar-refractivity contribution is 5.94. The van der Waals surface area contributed by atoms with E-state index in [4.69, 9.17) is 9.47 Å². The van der Waals surface area contributed by atoms with Gasteiger partial charge >= 0.3 is 5.97 Å². The Hall–Kier alpha value is -1.51. The molecule has 3 nitrogen and oxygen atoms in total. The summed E-state index contributed by atoms with van der Waals surface area (Å²) in [5.41, 5.74) is 1.73. The Morgan fingerprint density at radius 2 is 2.00 bits per heavy atom. The van der Waals surface area contributed by atoms with Crippen molar-refractivity contribution in [3.05, 3.63) is 29.3 Å². The number of benzene rings is 1. The Kier molecular flexibility index (Phi) is 2.98. The van der Waals surface area contributed by atoms with E-state index in [1.165, 1.54) is 19.3 Å². The number of hydrogen-bond donors (Lipinski definition) is 0. The molecule has 2 aliphatic rings. The molecule has 1 heterocycles. The summed E-state index contributed by atoms with van der Waals surface area (Å²) < 4.78 is 10.8. The number of carbonyl (C=O) groups excluding carboxylic acids is 1. The van der Waals surface area contributed by atoms with Gasteiger partial charge in [0.05, 0.1) is 12.7 Å². The van der Waals surface area contributed by atoms with E-state index in [2.05, 4.69) is 0 Å². The number of fused-ring (bicyclic) bond motifs is 1. The molecule has 1 saturated carbocycles. The molecule has 0 N–H and O–H groups in total. The lowest BCUT2D eigenvalue weighted by Crippen LogP contribution is -2.16. The highest BCUT2D eigenvalue weighted by Gasteiger charge is 2.37. The average molecular weight is 246 g/mol. The van der Waals surface area contributed by atoms with E-state index in [1.807, 2.05) is 18.2 Å². The molecule has 0 amide bonds. The Bertz CT molecular complexity index is 461. The highest BCUT2D eigenvalue weighted by atomic mass is 16.5. The van der Waals surface area contributed by atoms with Crippen molar-refractivity contribution in [3.63, 3.8) is 0 Å². The zero-order valence-electron chi connectivity index (χ0n) is 10.6. The molecule has 1 aromatic carbocycles. The van der Waals surface area contributed by atoms with E-state index in [0.29, 0.717) is 11.5 Å². The van der Waals surface area contributed by atoms with Crippen molar-refractivity contribution < 1.29 is 14.3 Å². The summed E-state index contributed by atoms with van der Waals surface area (Å²) >= 11 is 0. The van der Waals surface area contributed by atoms with Gasteiger partial charge in [-0.05, 0) is 31.0 Å². The minimum Gasteiger partial charge on any atom is -0.497 e. The van der Waals surface area contributed by atoms with Gasteiger partial charge in [0.1, 0.15) is 11.9 Å². The molecular formula is C15H18O3. The van der Waals surface area contributed by atoms with Gasteiger partial charge < -0.3 is 9.47 Å². The topological polar surface area (TPSA) is 35.5 Å². The molecule has 1 unspecified atom stereocenters. The van der Waals surface area contributed by atoms with Crippen molar-refractivity contribution in [3.8, 4) is 5.75 Å². The van der Waals surface area contributed by atoms with Crippen LogP contribution < -0.4 is 4.74 Å². The molecule has 1 aliphatic carbocycles. The van der Waals surface area contributed by atoms with Crippen LogP contribution in [0, 0.1) is 5.92 Å². The van der Waals surface area contributed by atoms with Crippen LogP contribution in [0.4, 0.5) is 0 Å². The Morgan fingerprint density at radius 1 is 1.22 bits per heavy atom. The minimum absolute atomic E-state index is 0.0529. The number of esters is 1. The molecule has 0 radical (unpaired) electrons. The van der Waals surface area contributed by atoms with E-state index >= 15 is 0 Å². The summed E-state index contributed by atoms with van der Waals surface area (Å²) in [6, 6.07) is 5.60. The van der Waals surface area contributed by atoms with E-state index in [9.17, 15) is 4.79 Å². The molecule has 1 aliphatic heterocycles. The third kappa shape index (κ3) is 1.88. The number of hydrogen-bond acceptors (Lipinski definition) is 3. The number of ether oxygens (including phenoxy) is 2. The maximum atomic E-state index is 11.9. The van der Waals surface area contributed by atoms with Crippen LogP contribution >= 0.6 is 0 Å². The molecule has 3 rings (SSSR count). The molecule has 1 aromatic rings. The molecular weight excluding hydrogens is 228 g/mol. The van der Waals surface area contributed by atoms with Gasteiger partial charge in [-0.2, -0.15) is 0 Å². The third-order valence-corrected chi connectivity index (χ3v) is 4.10. The molecule has 1 atom stereocenters. The second-order valence-corrected chi connectivity index (χ2v) is 5.18. The van der Waals surface area contributed by atoms with Crippen LogP contribution in [0.3, 0.4) is 0 Å². The minimum atomic E-state index is -0.178. The molecule has 96 valence electrons. The normalized spacial score (nSPS) is 23.6. The summed E-state index contributed by atoms with van der Waals surface area (Å²) in [7, 11) is 1.65. The summed E-state index contributed by atoms with van der Waals surface area (Å²) in [6.45, 7) is 0. The van der Waals surface area contributed by atoms with E-state index in [-0.39, 0.29) is 12.1 Å². The summed E-state index contributed by atoms with van der Waals surface area (Å²) in [6.07, 6.45) is 6.07. The van der Waals surface area contributed by atoms with Crippen molar-refractivity contribution in [2.24, 2.45) is 5.92 Å². The highest BCUT2D eigenvalue weighted by Crippen LogP contribution is 2.43. The Morgan fingerprint density at radius 3 is 2.72 bits per heavy atom. The first-order valence-electron chi connectivity index (χ1n) is 6.68. The Labute approximate surface area is 107 Å². The fraction of sp³-hybridized carbons (Fsp3) is 0.533. The number of cyclic esters (lactones) is 1. The van der Waals surface area contributed by atoms with Gasteiger partial charge in [0.25, 0.3) is 0 Å². The SMILES string of the molecule is COc1ccc2c(c1)C(C1CCCCC1)OC2=O. The molecule has 0 bridgehead atoms. The third-order valence-electron chi connectivity index (χ3n) is 4.10. The second-order valence-electron chi connectivity index (χ2n) is 5.18. The number of carbonyl (C=O) groups is 1. The Balaban J connectivity index is 1.93. The molecule has 0 saturated heterocycles. The average Bonchev–Trinajstić information content (AvgIpc) is 2.76. The van der Waals surface area contributed by atoms with Gasteiger partial charge in [0.15, 0.2) is 0 Å². The predicted octanol–water partition coefficient (Wildman–Crippen LogP) is 3.49. The smallest absolute Gasteiger partial charge is 0.339 e. The van der Waals surface area contributed by atoms with Gasteiger partial charge in [-0.25, -0.2) is 4.79 Å². The molecule has 3 heteroatoms. The molecule has 0 aromatic heterocycles. The molecule has 0 spiro atoms. The zero-order chi connectivity index (χ0) is 12.5. The predicted molar refractivity (Wildman–Crippen MR) is 67.7 cm³/mol. The zero-order valence-corrected chi connectivity index (χ0v) is 10.6. The van der Waals surface area contributed by atoms with Gasteiger partial charge in [0, 0.05) is 11.5 Å². The maximum Gasteiger partial charge on any atom is 0.339 e. The lowest BCUT2D eigenvalue weighted by atomic mass is 9.82. The number of methoxy groups -OCH3 is 1. The van der Waals surface area contributed by atoms with Crippen LogP contribution in [0.25, 0.3) is 0 Å². The van der Waals surface area contributed by atoms with Crippen molar-refractivity contribution in [1.29, 1.82) is 0 Å². The fourth-order valence-corrected chi connectivity index (χ4v) is 3.12. The van der Waals surface area contributed by atoms with Crippen molar-refractivity contribution in [1.82, 2.24) is 0 Å². The monoisotopic (exact) mass is 246 g/mol. The molecule has 1 fully saturated rings. The van der Waals surface area contributed by atoms with Crippen LogP contribution in [-0.2, 0) is 4.74 Å². The van der Waals surface area contributed by atoms with Crippen molar-refractivity contribution >= 4 is 5.97 Å². The second kappa shape index (κ2) is 4.63. The van der Waals surface area contributed by atoms with Crippen LogP contribution in [0.2, 0.25) is 0 Å². The standard InChI is InChI=1S/C15H18O3/c1-17-11-7-8-12-13(9-11)14(18-15(12)16)10-5-3-2-4-6-10/h7-10,14H,2-6H2,1H3. The number of rotatable bonds is 2. The first kappa shape index (κ1) is 11.6. The van der Waals surface area contributed by atoms with Gasteiger partial charge in [0.2, 0.25) is 0 Å². The van der Waals surface area contributed by atoms with Crippen LogP contribution in [0.15, 0.2) is 18.2 Å². The van der Waals surface area contributed by atoms with E-state index < -0.39 is 0 Å². The quantitative estimate of drug-likeness (QED) is 0.749.